The molecule has 0 bridgehead atoms. The van der Waals surface area contributed by atoms with Crippen LogP contribution in [0.4, 0.5) is 13.2 Å². The summed E-state index contributed by atoms with van der Waals surface area (Å²) in [6, 6.07) is 5.25. The van der Waals surface area contributed by atoms with Crippen molar-refractivity contribution < 1.29 is 13.2 Å². The molecule has 0 amide bonds. The number of hydrogen-bond donors (Lipinski definition) is 0. The fraction of sp³-hybridized carbons (Fsp3) is 0.412. The van der Waals surface area contributed by atoms with Crippen LogP contribution in [0.25, 0.3) is 6.08 Å². The highest BCUT2D eigenvalue weighted by Crippen LogP contribution is 2.29. The lowest BCUT2D eigenvalue weighted by Gasteiger charge is -2.28. The maximum Gasteiger partial charge on any atom is 0.416 e. The fourth-order valence-electron chi connectivity index (χ4n) is 2.46. The highest BCUT2D eigenvalue weighted by Gasteiger charge is 2.29. The van der Waals surface area contributed by atoms with E-state index in [9.17, 15) is 13.2 Å². The molecule has 0 unspecified atom stereocenters. The number of nitrogens with zero attached hydrogens (tertiary/aromatic N) is 1. The summed E-state index contributed by atoms with van der Waals surface area (Å²) < 4.78 is 37.4. The van der Waals surface area contributed by atoms with Gasteiger partial charge in [0.2, 0.25) is 0 Å². The molecule has 21 heavy (non-hydrogen) atoms. The maximum absolute atomic E-state index is 12.5. The number of benzene rings is 1. The topological polar surface area (TPSA) is 3.24 Å². The van der Waals surface area contributed by atoms with E-state index in [1.807, 2.05) is 6.08 Å². The summed E-state index contributed by atoms with van der Waals surface area (Å²) in [4.78, 5) is 2.24. The van der Waals surface area contributed by atoms with Gasteiger partial charge in [-0.2, -0.15) is 13.2 Å². The first-order valence-corrected chi connectivity index (χ1v) is 7.00. The normalized spacial score (nSPS) is 18.0. The van der Waals surface area contributed by atoms with Crippen LogP contribution in [0.5, 0.6) is 0 Å². The molecular formula is C17H18F3N. The smallest absolute Gasteiger partial charge is 0.292 e. The monoisotopic (exact) mass is 293 g/mol. The average molecular weight is 293 g/mol. The quantitative estimate of drug-likeness (QED) is 0.760. The number of likely N-dealkylation sites (tertiary alicyclic amines) is 1. The minimum Gasteiger partial charge on any atom is -0.292 e. The second kappa shape index (κ2) is 6.82. The molecule has 2 rings (SSSR count). The van der Waals surface area contributed by atoms with Crippen molar-refractivity contribution in [1.82, 2.24) is 4.90 Å². The molecule has 0 aromatic heterocycles. The van der Waals surface area contributed by atoms with Crippen molar-refractivity contribution >= 4 is 6.08 Å². The van der Waals surface area contributed by atoms with Crippen molar-refractivity contribution in [3.8, 4) is 12.3 Å². The van der Waals surface area contributed by atoms with Gasteiger partial charge in [-0.3, -0.25) is 4.90 Å². The SMILES string of the molecule is C#CCN1CCC(/C=C\c2ccc(C(F)(F)F)cc2)CC1. The summed E-state index contributed by atoms with van der Waals surface area (Å²) in [6.07, 6.45) is 7.09. The van der Waals surface area contributed by atoms with E-state index < -0.39 is 11.7 Å². The second-order valence-corrected chi connectivity index (χ2v) is 5.30. The van der Waals surface area contributed by atoms with E-state index >= 15 is 0 Å². The van der Waals surface area contributed by atoms with E-state index in [-0.39, 0.29) is 0 Å². The van der Waals surface area contributed by atoms with E-state index in [0.29, 0.717) is 12.5 Å². The predicted octanol–water partition coefficient (Wildman–Crippen LogP) is 4.06. The minimum atomic E-state index is -4.27. The summed E-state index contributed by atoms with van der Waals surface area (Å²) >= 11 is 0. The Morgan fingerprint density at radius 2 is 1.81 bits per heavy atom. The van der Waals surface area contributed by atoms with Gasteiger partial charge in [0.05, 0.1) is 12.1 Å². The van der Waals surface area contributed by atoms with E-state index in [0.717, 1.165) is 43.6 Å². The Kier molecular flexibility index (Phi) is 5.08. The number of allylic oxidation sites excluding steroid dienone is 1. The standard InChI is InChI=1S/C17H18F3N/c1-2-11-21-12-9-15(10-13-21)4-3-14-5-7-16(8-6-14)17(18,19)20/h1,3-8,15H,9-13H2/b4-3-. The molecule has 4 heteroatoms. The van der Waals surface area contributed by atoms with Gasteiger partial charge in [-0.05, 0) is 49.5 Å². The van der Waals surface area contributed by atoms with Crippen LogP contribution in [0.3, 0.4) is 0 Å². The molecule has 1 saturated heterocycles. The number of piperidine rings is 1. The Morgan fingerprint density at radius 1 is 1.19 bits per heavy atom. The first kappa shape index (κ1) is 15.7. The van der Waals surface area contributed by atoms with Crippen LogP contribution in [0, 0.1) is 18.3 Å². The van der Waals surface area contributed by atoms with Crippen LogP contribution < -0.4 is 0 Å². The Bertz CT molecular complexity index is 514. The van der Waals surface area contributed by atoms with Crippen molar-refractivity contribution in [3.05, 3.63) is 41.5 Å². The number of hydrogen-bond acceptors (Lipinski definition) is 1. The van der Waals surface area contributed by atoms with Gasteiger partial charge in [-0.15, -0.1) is 6.42 Å². The highest BCUT2D eigenvalue weighted by molar-refractivity contribution is 5.50. The second-order valence-electron chi connectivity index (χ2n) is 5.30. The van der Waals surface area contributed by atoms with Gasteiger partial charge >= 0.3 is 6.18 Å². The Morgan fingerprint density at radius 3 is 2.33 bits per heavy atom. The molecule has 1 nitrogen and oxygen atoms in total. The summed E-state index contributed by atoms with van der Waals surface area (Å²) in [6.45, 7) is 2.65. The zero-order valence-electron chi connectivity index (χ0n) is 11.7. The van der Waals surface area contributed by atoms with Gasteiger partial charge in [0.25, 0.3) is 0 Å². The summed E-state index contributed by atoms with van der Waals surface area (Å²) in [5, 5.41) is 0. The zero-order chi connectivity index (χ0) is 15.3. The van der Waals surface area contributed by atoms with Gasteiger partial charge in [0.1, 0.15) is 0 Å². The third-order valence-corrected chi connectivity index (χ3v) is 3.75. The summed E-state index contributed by atoms with van der Waals surface area (Å²) in [7, 11) is 0. The van der Waals surface area contributed by atoms with Crippen LogP contribution in [0.2, 0.25) is 0 Å². The molecule has 0 saturated carbocycles. The molecule has 1 aromatic carbocycles. The summed E-state index contributed by atoms with van der Waals surface area (Å²) in [5.74, 6) is 3.12. The Labute approximate surface area is 123 Å². The molecule has 0 spiro atoms. The van der Waals surface area contributed by atoms with Crippen LogP contribution in [-0.4, -0.2) is 24.5 Å². The van der Waals surface area contributed by atoms with Crippen molar-refractivity contribution in [2.24, 2.45) is 5.92 Å². The maximum atomic E-state index is 12.5. The molecule has 1 aliphatic heterocycles. The molecule has 1 fully saturated rings. The Balaban J connectivity index is 1.89. The third kappa shape index (κ3) is 4.64. The first-order chi connectivity index (χ1) is 9.99. The number of terminal acetylenes is 1. The lowest BCUT2D eigenvalue weighted by molar-refractivity contribution is -0.137. The molecule has 1 heterocycles. The van der Waals surface area contributed by atoms with Crippen LogP contribution in [0.1, 0.15) is 24.0 Å². The van der Waals surface area contributed by atoms with Crippen LogP contribution in [-0.2, 0) is 6.18 Å². The lowest BCUT2D eigenvalue weighted by Crippen LogP contribution is -2.33. The molecule has 0 N–H and O–H groups in total. The van der Waals surface area contributed by atoms with Crippen molar-refractivity contribution in [2.75, 3.05) is 19.6 Å². The van der Waals surface area contributed by atoms with Gasteiger partial charge < -0.3 is 0 Å². The average Bonchev–Trinajstić information content (AvgIpc) is 2.46. The van der Waals surface area contributed by atoms with Gasteiger partial charge in [-0.1, -0.05) is 30.2 Å². The zero-order valence-corrected chi connectivity index (χ0v) is 11.7. The fourth-order valence-corrected chi connectivity index (χ4v) is 2.46. The van der Waals surface area contributed by atoms with Gasteiger partial charge in [0.15, 0.2) is 0 Å². The largest absolute Gasteiger partial charge is 0.416 e. The number of alkyl halides is 3. The van der Waals surface area contributed by atoms with Crippen LogP contribution in [0.15, 0.2) is 30.3 Å². The van der Waals surface area contributed by atoms with Crippen molar-refractivity contribution in [2.45, 2.75) is 19.0 Å². The summed E-state index contributed by atoms with van der Waals surface area (Å²) in [5.41, 5.74) is 0.191. The Hall–Kier alpha value is -1.73. The predicted molar refractivity (Wildman–Crippen MR) is 78.5 cm³/mol. The number of rotatable bonds is 3. The van der Waals surface area contributed by atoms with E-state index in [1.54, 1.807) is 0 Å². The van der Waals surface area contributed by atoms with E-state index in [2.05, 4.69) is 16.9 Å². The molecule has 0 atom stereocenters. The van der Waals surface area contributed by atoms with Crippen molar-refractivity contribution in [3.63, 3.8) is 0 Å². The molecule has 1 aromatic rings. The molecular weight excluding hydrogens is 275 g/mol. The van der Waals surface area contributed by atoms with Gasteiger partial charge in [-0.25, -0.2) is 0 Å². The van der Waals surface area contributed by atoms with Crippen molar-refractivity contribution in [1.29, 1.82) is 0 Å². The molecule has 1 aliphatic rings. The lowest BCUT2D eigenvalue weighted by atomic mass is 9.95. The molecule has 0 aliphatic carbocycles. The van der Waals surface area contributed by atoms with E-state index in [4.69, 9.17) is 6.42 Å². The highest BCUT2D eigenvalue weighted by atomic mass is 19.4. The van der Waals surface area contributed by atoms with E-state index in [1.165, 1.54) is 12.1 Å². The molecule has 0 radical (unpaired) electrons. The van der Waals surface area contributed by atoms with Gasteiger partial charge in [0, 0.05) is 0 Å². The first-order valence-electron chi connectivity index (χ1n) is 7.00. The molecule has 112 valence electrons. The minimum absolute atomic E-state index is 0.473. The van der Waals surface area contributed by atoms with Crippen LogP contribution >= 0.6 is 0 Å². The third-order valence-electron chi connectivity index (χ3n) is 3.75. The number of halogens is 3.